The van der Waals surface area contributed by atoms with Gasteiger partial charge in [-0.3, -0.25) is 14.9 Å². The molecule has 0 amide bonds. The third-order valence-electron chi connectivity index (χ3n) is 4.06. The van der Waals surface area contributed by atoms with E-state index in [0.717, 1.165) is 51.5 Å². The zero-order valence-electron chi connectivity index (χ0n) is 14.6. The molecule has 142 valence electrons. The lowest BCUT2D eigenvalue weighted by Gasteiger charge is -2.26. The van der Waals surface area contributed by atoms with Crippen molar-refractivity contribution in [3.05, 3.63) is 30.1 Å². The number of aromatic nitrogens is 1. The Balaban J connectivity index is 0.00000312. The van der Waals surface area contributed by atoms with Crippen LogP contribution in [0.2, 0.25) is 0 Å². The van der Waals surface area contributed by atoms with E-state index < -0.39 is 0 Å². The lowest BCUT2D eigenvalue weighted by atomic mass is 10.0. The van der Waals surface area contributed by atoms with Gasteiger partial charge in [-0.2, -0.15) is 0 Å². The highest BCUT2D eigenvalue weighted by atomic mass is 127. The number of aliphatic imine (C=N–C) groups is 1. The third kappa shape index (κ3) is 9.34. The van der Waals surface area contributed by atoms with Gasteiger partial charge in [0.2, 0.25) is 0 Å². The van der Waals surface area contributed by atoms with Gasteiger partial charge in [-0.05, 0) is 31.5 Å². The number of nitrogens with two attached hydrogens (primary N) is 1. The zero-order chi connectivity index (χ0) is 17.0. The van der Waals surface area contributed by atoms with E-state index in [4.69, 9.17) is 10.5 Å². The largest absolute Gasteiger partial charge is 0.396 e. The predicted octanol–water partition coefficient (Wildman–Crippen LogP) is 0.477. The Labute approximate surface area is 167 Å². The second-order valence-corrected chi connectivity index (χ2v) is 6.03. The molecule has 0 aliphatic carbocycles. The number of hydrogen-bond acceptors (Lipinski definition) is 5. The Morgan fingerprint density at radius 3 is 2.88 bits per heavy atom. The number of morpholine rings is 1. The van der Waals surface area contributed by atoms with Crippen LogP contribution in [-0.4, -0.2) is 73.5 Å². The Bertz CT molecular complexity index is 483. The highest BCUT2D eigenvalue weighted by Gasteiger charge is 2.10. The van der Waals surface area contributed by atoms with Crippen LogP contribution in [-0.2, 0) is 11.2 Å². The summed E-state index contributed by atoms with van der Waals surface area (Å²) in [5, 5.41) is 12.6. The van der Waals surface area contributed by atoms with Crippen LogP contribution in [0.1, 0.15) is 12.1 Å². The smallest absolute Gasteiger partial charge is 0.188 e. The van der Waals surface area contributed by atoms with Crippen LogP contribution in [0.15, 0.2) is 29.4 Å². The molecule has 1 aliphatic rings. The lowest BCUT2D eigenvalue weighted by Crippen LogP contribution is -2.39. The summed E-state index contributed by atoms with van der Waals surface area (Å²) in [5.74, 6) is 0.477. The highest BCUT2D eigenvalue weighted by Crippen LogP contribution is 2.06. The Morgan fingerprint density at radius 2 is 2.20 bits per heavy atom. The lowest BCUT2D eigenvalue weighted by molar-refractivity contribution is 0.0376. The van der Waals surface area contributed by atoms with Crippen LogP contribution in [0.3, 0.4) is 0 Å². The van der Waals surface area contributed by atoms with Gasteiger partial charge in [0.15, 0.2) is 5.96 Å². The minimum atomic E-state index is 0. The van der Waals surface area contributed by atoms with Crippen molar-refractivity contribution in [3.8, 4) is 0 Å². The van der Waals surface area contributed by atoms with Crippen molar-refractivity contribution in [3.63, 3.8) is 0 Å². The third-order valence-corrected chi connectivity index (χ3v) is 4.06. The fourth-order valence-corrected chi connectivity index (χ4v) is 2.63. The molecule has 7 nitrogen and oxygen atoms in total. The van der Waals surface area contributed by atoms with Crippen molar-refractivity contribution in [2.75, 3.05) is 52.5 Å². The molecule has 1 atom stereocenters. The summed E-state index contributed by atoms with van der Waals surface area (Å²) < 4.78 is 5.33. The monoisotopic (exact) mass is 463 g/mol. The van der Waals surface area contributed by atoms with Crippen LogP contribution in [0.4, 0.5) is 0 Å². The van der Waals surface area contributed by atoms with Crippen molar-refractivity contribution in [2.24, 2.45) is 16.6 Å². The van der Waals surface area contributed by atoms with Gasteiger partial charge in [-0.15, -0.1) is 24.0 Å². The minimum Gasteiger partial charge on any atom is -0.396 e. The second kappa shape index (κ2) is 13.3. The van der Waals surface area contributed by atoms with E-state index in [1.54, 1.807) is 6.20 Å². The number of nitrogens with zero attached hydrogens (tertiary/aromatic N) is 3. The quantitative estimate of drug-likeness (QED) is 0.214. The normalized spacial score (nSPS) is 16.9. The van der Waals surface area contributed by atoms with E-state index in [1.807, 2.05) is 18.2 Å². The van der Waals surface area contributed by atoms with E-state index in [9.17, 15) is 5.11 Å². The molecule has 25 heavy (non-hydrogen) atoms. The number of nitrogens with one attached hydrogen (secondary N) is 1. The topological polar surface area (TPSA) is 96.0 Å². The summed E-state index contributed by atoms with van der Waals surface area (Å²) in [6.07, 6.45) is 3.48. The molecule has 1 fully saturated rings. The number of aliphatic hydroxyl groups excluding tert-OH is 1. The molecule has 2 heterocycles. The summed E-state index contributed by atoms with van der Waals surface area (Å²) in [5.41, 5.74) is 6.86. The first kappa shape index (κ1) is 22.1. The molecular formula is C17H30IN5O2. The zero-order valence-corrected chi connectivity index (χ0v) is 17.0. The molecule has 0 aromatic carbocycles. The number of pyridine rings is 1. The number of ether oxygens (including phenoxy) is 1. The van der Waals surface area contributed by atoms with Crippen LogP contribution in [0, 0.1) is 5.92 Å². The van der Waals surface area contributed by atoms with Crippen LogP contribution in [0.25, 0.3) is 0 Å². The molecule has 2 rings (SSSR count). The maximum Gasteiger partial charge on any atom is 0.188 e. The number of guanidine groups is 1. The fourth-order valence-electron chi connectivity index (χ4n) is 2.63. The Hall–Kier alpha value is -0.970. The molecule has 0 radical (unpaired) electrons. The van der Waals surface area contributed by atoms with Crippen molar-refractivity contribution < 1.29 is 9.84 Å². The van der Waals surface area contributed by atoms with Gasteiger partial charge in [-0.1, -0.05) is 6.07 Å². The standard InChI is InChI=1S/C17H29N5O2.HI/c18-17(20-6-3-7-22-8-10-24-11-9-22)21-13-15(14-23)12-16-4-1-2-5-19-16;/h1-2,4-5,15,23H,3,6-14H2,(H3,18,20,21);1H. The van der Waals surface area contributed by atoms with Crippen LogP contribution < -0.4 is 11.1 Å². The van der Waals surface area contributed by atoms with Crippen LogP contribution >= 0.6 is 24.0 Å². The van der Waals surface area contributed by atoms with E-state index in [1.165, 1.54) is 0 Å². The van der Waals surface area contributed by atoms with Gasteiger partial charge < -0.3 is 20.9 Å². The molecule has 4 N–H and O–H groups in total. The number of hydrogen-bond donors (Lipinski definition) is 3. The first-order chi connectivity index (χ1) is 11.8. The van der Waals surface area contributed by atoms with E-state index in [2.05, 4.69) is 20.2 Å². The van der Waals surface area contributed by atoms with Gasteiger partial charge in [-0.25, -0.2) is 0 Å². The number of halogens is 1. The average molecular weight is 463 g/mol. The van der Waals surface area contributed by atoms with Crippen LogP contribution in [0.5, 0.6) is 0 Å². The highest BCUT2D eigenvalue weighted by molar-refractivity contribution is 14.0. The van der Waals surface area contributed by atoms with E-state index >= 15 is 0 Å². The van der Waals surface area contributed by atoms with Gasteiger partial charge in [0.1, 0.15) is 0 Å². The molecular weight excluding hydrogens is 433 g/mol. The van der Waals surface area contributed by atoms with E-state index in [-0.39, 0.29) is 36.5 Å². The van der Waals surface area contributed by atoms with E-state index in [0.29, 0.717) is 18.9 Å². The maximum absolute atomic E-state index is 9.48. The predicted molar refractivity (Wildman–Crippen MR) is 110 cm³/mol. The van der Waals surface area contributed by atoms with Gasteiger partial charge in [0.05, 0.1) is 13.2 Å². The maximum atomic E-state index is 9.48. The summed E-state index contributed by atoms with van der Waals surface area (Å²) in [7, 11) is 0. The SMILES string of the molecule is I.NC(=NCC(CO)Cc1ccccn1)NCCCN1CCOCC1. The Kier molecular flexibility index (Phi) is 11.7. The molecule has 1 saturated heterocycles. The van der Waals surface area contributed by atoms with Gasteiger partial charge in [0.25, 0.3) is 0 Å². The number of rotatable bonds is 9. The van der Waals surface area contributed by atoms with Gasteiger partial charge in [0, 0.05) is 50.6 Å². The van der Waals surface area contributed by atoms with Crippen molar-refractivity contribution >= 4 is 29.9 Å². The first-order valence-corrected chi connectivity index (χ1v) is 8.62. The summed E-state index contributed by atoms with van der Waals surface area (Å²) in [6, 6.07) is 5.79. The van der Waals surface area contributed by atoms with Crippen molar-refractivity contribution in [1.29, 1.82) is 0 Å². The first-order valence-electron chi connectivity index (χ1n) is 8.62. The molecule has 1 aromatic heterocycles. The molecule has 8 heteroatoms. The Morgan fingerprint density at radius 1 is 1.40 bits per heavy atom. The second-order valence-electron chi connectivity index (χ2n) is 6.03. The molecule has 1 unspecified atom stereocenters. The van der Waals surface area contributed by atoms with Crippen molar-refractivity contribution in [1.82, 2.24) is 15.2 Å². The minimum absolute atomic E-state index is 0. The molecule has 1 aromatic rings. The number of aliphatic hydroxyl groups is 1. The van der Waals surface area contributed by atoms with Crippen molar-refractivity contribution in [2.45, 2.75) is 12.8 Å². The average Bonchev–Trinajstić information content (AvgIpc) is 2.64. The summed E-state index contributed by atoms with van der Waals surface area (Å²) in [4.78, 5) is 11.0. The molecule has 0 saturated carbocycles. The fraction of sp³-hybridized carbons (Fsp3) is 0.647. The van der Waals surface area contributed by atoms with Gasteiger partial charge >= 0.3 is 0 Å². The molecule has 0 bridgehead atoms. The summed E-state index contributed by atoms with van der Waals surface area (Å²) in [6.45, 7) is 6.09. The summed E-state index contributed by atoms with van der Waals surface area (Å²) >= 11 is 0. The molecule has 0 spiro atoms. The molecule has 1 aliphatic heterocycles.